The molecule has 1 unspecified atom stereocenters. The number of sulfonamides is 1. The number of aliphatic hydroxyl groups excluding tert-OH is 1. The van der Waals surface area contributed by atoms with E-state index in [0.717, 1.165) is 12.1 Å². The number of nitrogens with one attached hydrogen (secondary N) is 1. The fraction of sp³-hybridized carbons (Fsp3) is 0.364. The van der Waals surface area contributed by atoms with Crippen molar-refractivity contribution in [1.82, 2.24) is 4.72 Å². The van der Waals surface area contributed by atoms with Crippen LogP contribution in [0.3, 0.4) is 0 Å². The van der Waals surface area contributed by atoms with Crippen LogP contribution in [0.4, 0.5) is 0 Å². The van der Waals surface area contributed by atoms with E-state index in [9.17, 15) is 13.2 Å². The van der Waals surface area contributed by atoms with Crippen LogP contribution in [0.2, 0.25) is 10.0 Å². The van der Waals surface area contributed by atoms with Gasteiger partial charge in [0.25, 0.3) is 0 Å². The number of aliphatic hydroxyl groups is 1. The highest BCUT2D eigenvalue weighted by Crippen LogP contribution is 2.28. The summed E-state index contributed by atoms with van der Waals surface area (Å²) in [5.74, 6) is -1.64. The Morgan fingerprint density at radius 2 is 1.95 bits per heavy atom. The van der Waals surface area contributed by atoms with Gasteiger partial charge in [-0.25, -0.2) is 17.9 Å². The molecule has 0 aliphatic rings. The van der Waals surface area contributed by atoms with Gasteiger partial charge < -0.3 is 10.2 Å². The van der Waals surface area contributed by atoms with Gasteiger partial charge in [0.05, 0.1) is 15.6 Å². The van der Waals surface area contributed by atoms with Crippen molar-refractivity contribution >= 4 is 39.2 Å². The highest BCUT2D eigenvalue weighted by Gasteiger charge is 2.22. The molecule has 112 valence electrons. The van der Waals surface area contributed by atoms with E-state index in [4.69, 9.17) is 33.4 Å². The minimum absolute atomic E-state index is 0.000192. The van der Waals surface area contributed by atoms with Gasteiger partial charge >= 0.3 is 5.97 Å². The van der Waals surface area contributed by atoms with E-state index in [1.807, 2.05) is 0 Å². The van der Waals surface area contributed by atoms with E-state index in [2.05, 4.69) is 4.72 Å². The Labute approximate surface area is 126 Å². The van der Waals surface area contributed by atoms with E-state index >= 15 is 0 Å². The van der Waals surface area contributed by atoms with E-state index < -0.39 is 16.0 Å². The monoisotopic (exact) mass is 341 g/mol. The van der Waals surface area contributed by atoms with Crippen LogP contribution >= 0.6 is 23.2 Å². The molecule has 3 N–H and O–H groups in total. The summed E-state index contributed by atoms with van der Waals surface area (Å²) in [4.78, 5) is 10.6. The van der Waals surface area contributed by atoms with Crippen molar-refractivity contribution in [2.45, 2.75) is 11.8 Å². The van der Waals surface area contributed by atoms with Crippen LogP contribution in [0.5, 0.6) is 0 Å². The zero-order chi connectivity index (χ0) is 15.5. The third-order valence-electron chi connectivity index (χ3n) is 2.47. The van der Waals surface area contributed by atoms with Crippen LogP contribution in [-0.2, 0) is 10.0 Å². The molecular weight excluding hydrogens is 329 g/mol. The normalized spacial score (nSPS) is 13.2. The molecule has 0 heterocycles. The predicted octanol–water partition coefficient (Wildman–Crippen LogP) is 1.60. The first-order chi connectivity index (χ1) is 9.19. The topological polar surface area (TPSA) is 104 Å². The fourth-order valence-corrected chi connectivity index (χ4v) is 3.31. The van der Waals surface area contributed by atoms with Gasteiger partial charge in [0, 0.05) is 13.2 Å². The number of hydrogen-bond acceptors (Lipinski definition) is 4. The van der Waals surface area contributed by atoms with Gasteiger partial charge in [0.1, 0.15) is 4.90 Å². The van der Waals surface area contributed by atoms with Crippen molar-refractivity contribution < 1.29 is 23.4 Å². The summed E-state index contributed by atoms with van der Waals surface area (Å²) in [5, 5.41) is 17.5. The molecule has 0 aliphatic carbocycles. The zero-order valence-electron chi connectivity index (χ0n) is 10.4. The largest absolute Gasteiger partial charge is 0.478 e. The van der Waals surface area contributed by atoms with Crippen molar-refractivity contribution in [3.05, 3.63) is 27.7 Å². The summed E-state index contributed by atoms with van der Waals surface area (Å²) >= 11 is 11.5. The first-order valence-corrected chi connectivity index (χ1v) is 7.75. The molecule has 0 saturated heterocycles. The number of rotatable bonds is 6. The lowest BCUT2D eigenvalue weighted by Crippen LogP contribution is -2.30. The van der Waals surface area contributed by atoms with Gasteiger partial charge in [-0.05, 0) is 18.1 Å². The number of halogens is 2. The van der Waals surface area contributed by atoms with Crippen molar-refractivity contribution in [2.75, 3.05) is 13.2 Å². The van der Waals surface area contributed by atoms with Crippen LogP contribution in [0.15, 0.2) is 17.0 Å². The second-order valence-corrected chi connectivity index (χ2v) is 6.76. The number of benzene rings is 1. The molecular formula is C11H13Cl2NO5S. The van der Waals surface area contributed by atoms with Crippen LogP contribution in [0.25, 0.3) is 0 Å². The van der Waals surface area contributed by atoms with Crippen LogP contribution in [0.1, 0.15) is 17.3 Å². The molecule has 0 aliphatic heterocycles. The Kier molecular flexibility index (Phi) is 5.79. The number of hydrogen-bond donors (Lipinski definition) is 3. The van der Waals surface area contributed by atoms with Gasteiger partial charge in [-0.1, -0.05) is 30.1 Å². The lowest BCUT2D eigenvalue weighted by molar-refractivity contribution is 0.0697. The summed E-state index contributed by atoms with van der Waals surface area (Å²) < 4.78 is 26.3. The highest BCUT2D eigenvalue weighted by molar-refractivity contribution is 7.89. The molecule has 1 rings (SSSR count). The predicted molar refractivity (Wildman–Crippen MR) is 74.9 cm³/mol. The SMILES string of the molecule is CC(CO)CNS(=O)(=O)c1cc(C(=O)O)c(Cl)cc1Cl. The highest BCUT2D eigenvalue weighted by atomic mass is 35.5. The molecule has 20 heavy (non-hydrogen) atoms. The van der Waals surface area contributed by atoms with Gasteiger partial charge in [-0.2, -0.15) is 0 Å². The quantitative estimate of drug-likeness (QED) is 0.728. The molecule has 0 radical (unpaired) electrons. The smallest absolute Gasteiger partial charge is 0.337 e. The number of carboxylic acid groups (broad SMARTS) is 1. The summed E-state index contributed by atoms with van der Waals surface area (Å²) in [7, 11) is -3.98. The fourth-order valence-electron chi connectivity index (χ4n) is 1.29. The molecule has 1 aromatic rings. The number of aromatic carboxylic acids is 1. The van der Waals surface area contributed by atoms with E-state index in [0.29, 0.717) is 0 Å². The third kappa shape index (κ3) is 4.07. The lowest BCUT2D eigenvalue weighted by atomic mass is 10.2. The third-order valence-corrected chi connectivity index (χ3v) is 4.68. The molecule has 0 spiro atoms. The van der Waals surface area contributed by atoms with E-state index in [1.165, 1.54) is 0 Å². The number of carbonyl (C=O) groups is 1. The first-order valence-electron chi connectivity index (χ1n) is 5.52. The second-order valence-electron chi connectivity index (χ2n) is 4.21. The Bertz CT molecular complexity index is 617. The summed E-state index contributed by atoms with van der Waals surface area (Å²) in [6.07, 6.45) is 0. The lowest BCUT2D eigenvalue weighted by Gasteiger charge is -2.12. The molecule has 6 nitrogen and oxygen atoms in total. The molecule has 1 atom stereocenters. The Balaban J connectivity index is 3.18. The van der Waals surface area contributed by atoms with Crippen LogP contribution < -0.4 is 4.72 Å². The zero-order valence-corrected chi connectivity index (χ0v) is 12.8. The van der Waals surface area contributed by atoms with Crippen molar-refractivity contribution in [2.24, 2.45) is 5.92 Å². The average Bonchev–Trinajstić information content (AvgIpc) is 2.35. The maximum Gasteiger partial charge on any atom is 0.337 e. The summed E-state index contributed by atoms with van der Waals surface area (Å²) in [6.45, 7) is 1.46. The molecule has 0 saturated carbocycles. The number of carboxylic acids is 1. The van der Waals surface area contributed by atoms with Gasteiger partial charge in [0.15, 0.2) is 0 Å². The second kappa shape index (κ2) is 6.73. The Hall–Kier alpha value is -0.860. The minimum atomic E-state index is -3.98. The van der Waals surface area contributed by atoms with Crippen LogP contribution in [0, 0.1) is 5.92 Å². The Morgan fingerprint density at radius 1 is 1.35 bits per heavy atom. The van der Waals surface area contributed by atoms with Gasteiger partial charge in [-0.3, -0.25) is 0 Å². The van der Waals surface area contributed by atoms with E-state index in [1.54, 1.807) is 6.92 Å². The standard InChI is InChI=1S/C11H13Cl2NO5S/c1-6(5-15)4-14-20(18,19)10-2-7(11(16)17)8(12)3-9(10)13/h2-3,6,14-15H,4-5H2,1H3,(H,16,17). The molecule has 1 aromatic carbocycles. The van der Waals surface area contributed by atoms with Crippen molar-refractivity contribution in [3.63, 3.8) is 0 Å². The van der Waals surface area contributed by atoms with Crippen molar-refractivity contribution in [3.8, 4) is 0 Å². The maximum absolute atomic E-state index is 12.0. The minimum Gasteiger partial charge on any atom is -0.478 e. The summed E-state index contributed by atoms with van der Waals surface area (Å²) in [5.41, 5.74) is -0.355. The average molecular weight is 342 g/mol. The molecule has 0 bridgehead atoms. The molecule has 0 aromatic heterocycles. The van der Waals surface area contributed by atoms with E-state index in [-0.39, 0.29) is 39.6 Å². The summed E-state index contributed by atoms with van der Waals surface area (Å²) in [6, 6.07) is 1.97. The van der Waals surface area contributed by atoms with Crippen molar-refractivity contribution in [1.29, 1.82) is 0 Å². The van der Waals surface area contributed by atoms with Gasteiger partial charge in [0.2, 0.25) is 10.0 Å². The Morgan fingerprint density at radius 3 is 2.45 bits per heavy atom. The first kappa shape index (κ1) is 17.2. The maximum atomic E-state index is 12.0. The molecule has 9 heteroatoms. The molecule has 0 amide bonds. The van der Waals surface area contributed by atoms with Gasteiger partial charge in [-0.15, -0.1) is 0 Å². The van der Waals surface area contributed by atoms with Crippen LogP contribution in [-0.4, -0.2) is 37.8 Å². The molecule has 0 fully saturated rings.